The molecular formula is C33H29F25N2O4. The molecule has 64 heavy (non-hydrogen) atoms. The summed E-state index contributed by atoms with van der Waals surface area (Å²) in [6, 6.07) is 5.16. The summed E-state index contributed by atoms with van der Waals surface area (Å²) in [4.78, 5) is 8.42. The maximum absolute atomic E-state index is 14.1. The molecule has 0 aliphatic heterocycles. The van der Waals surface area contributed by atoms with E-state index in [1.807, 2.05) is 0 Å². The van der Waals surface area contributed by atoms with Crippen LogP contribution < -0.4 is 4.74 Å². The van der Waals surface area contributed by atoms with Gasteiger partial charge in [0, 0.05) is 24.4 Å². The van der Waals surface area contributed by atoms with Gasteiger partial charge in [0.15, 0.2) is 5.82 Å². The Morgan fingerprint density at radius 3 is 1.27 bits per heavy atom. The first-order chi connectivity index (χ1) is 28.6. The van der Waals surface area contributed by atoms with Crippen molar-refractivity contribution in [3.63, 3.8) is 0 Å². The van der Waals surface area contributed by atoms with Crippen LogP contribution in [0.15, 0.2) is 36.7 Å². The minimum atomic E-state index is -8.94. The summed E-state index contributed by atoms with van der Waals surface area (Å²) < 4.78 is 348. The largest absolute Gasteiger partial charge is 0.494 e. The van der Waals surface area contributed by atoms with Gasteiger partial charge in [0.1, 0.15) is 5.75 Å². The highest BCUT2D eigenvalue weighted by Gasteiger charge is 2.92. The van der Waals surface area contributed by atoms with Gasteiger partial charge < -0.3 is 9.47 Å². The third-order valence-electron chi connectivity index (χ3n) is 8.36. The van der Waals surface area contributed by atoms with Crippen LogP contribution in [-0.4, -0.2) is 95.4 Å². The number of rotatable bonds is 26. The highest BCUT2D eigenvalue weighted by atomic mass is 19.4. The van der Waals surface area contributed by atoms with Crippen molar-refractivity contribution >= 4 is 0 Å². The van der Waals surface area contributed by atoms with E-state index in [9.17, 15) is 110 Å². The van der Waals surface area contributed by atoms with Crippen LogP contribution in [0.25, 0.3) is 11.4 Å². The van der Waals surface area contributed by atoms with Crippen molar-refractivity contribution in [2.45, 2.75) is 131 Å². The summed E-state index contributed by atoms with van der Waals surface area (Å²) in [7, 11) is 0. The van der Waals surface area contributed by atoms with E-state index >= 15 is 0 Å². The highest BCUT2D eigenvalue weighted by molar-refractivity contribution is 5.55. The fraction of sp³-hybridized carbons (Fsp3) is 0.697. The molecule has 1 heterocycles. The van der Waals surface area contributed by atoms with Crippen LogP contribution in [0.3, 0.4) is 0 Å². The van der Waals surface area contributed by atoms with Crippen LogP contribution in [0, 0.1) is 0 Å². The number of hydrogen-bond acceptors (Lipinski definition) is 6. The monoisotopic (exact) mass is 992 g/mol. The average molecular weight is 993 g/mol. The Bertz CT molecular complexity index is 1790. The first kappa shape index (κ1) is 56.4. The van der Waals surface area contributed by atoms with Gasteiger partial charge in [-0.25, -0.2) is 19.4 Å². The summed E-state index contributed by atoms with van der Waals surface area (Å²) in [5.41, 5.74) is 1.25. The average Bonchev–Trinajstić information content (AvgIpc) is 3.14. The molecule has 0 amide bonds. The molecule has 0 saturated heterocycles. The number of benzene rings is 1. The van der Waals surface area contributed by atoms with Gasteiger partial charge in [0.2, 0.25) is 0 Å². The molecule has 0 unspecified atom stereocenters. The van der Waals surface area contributed by atoms with Gasteiger partial charge >= 0.3 is 72.3 Å². The van der Waals surface area contributed by atoms with Crippen LogP contribution in [0.5, 0.6) is 5.75 Å². The number of hydrogen-bond donors (Lipinski definition) is 0. The van der Waals surface area contributed by atoms with Crippen molar-refractivity contribution in [3.05, 3.63) is 42.2 Å². The maximum Gasteiger partial charge on any atom is 0.460 e. The number of aryl methyl sites for hydroxylation is 1. The minimum Gasteiger partial charge on any atom is -0.494 e. The third kappa shape index (κ3) is 11.2. The molecule has 0 atom stereocenters. The Kier molecular flexibility index (Phi) is 16.9. The number of aromatic nitrogens is 2. The molecule has 0 radical (unpaired) electrons. The minimum absolute atomic E-state index is 0.110. The van der Waals surface area contributed by atoms with Crippen LogP contribution in [-0.2, 0) is 20.6 Å². The first-order valence-corrected chi connectivity index (χ1v) is 17.4. The number of alkyl halides is 25. The summed E-state index contributed by atoms with van der Waals surface area (Å²) >= 11 is 0. The van der Waals surface area contributed by atoms with Crippen LogP contribution in [0.4, 0.5) is 110 Å². The van der Waals surface area contributed by atoms with E-state index in [4.69, 9.17) is 4.74 Å². The van der Waals surface area contributed by atoms with E-state index in [1.54, 1.807) is 12.4 Å². The van der Waals surface area contributed by atoms with Gasteiger partial charge in [-0.1, -0.05) is 39.0 Å². The number of ether oxygens (including phenoxy) is 4. The second-order valence-corrected chi connectivity index (χ2v) is 13.2. The standard InChI is InChI=1S/C33H29F25N2O4/c1-2-3-4-5-6-7-9-18-16-59-21(60-17-18)19-10-12-20(13-11-19)61-14-8-15-62-29(49,50)25(40,41)22(34,35)23(36,37)26(42,43)30(51,52)63-32(55,56)33(57,58)64-31(53,54)27(44,45)24(38,39)28(46,47)48/h10-13,16-17H,2-9,14-15H2,1H3. The Balaban J connectivity index is 2.12. The molecule has 0 bridgehead atoms. The van der Waals surface area contributed by atoms with Crippen molar-refractivity contribution in [3.8, 4) is 17.1 Å². The van der Waals surface area contributed by atoms with E-state index in [0.717, 1.165) is 53.6 Å². The molecule has 31 heteroatoms. The zero-order chi connectivity index (χ0) is 49.9. The summed E-state index contributed by atoms with van der Waals surface area (Å²) in [5.74, 6) is -51.3. The maximum atomic E-state index is 14.1. The fourth-order valence-electron chi connectivity index (χ4n) is 4.67. The van der Waals surface area contributed by atoms with E-state index < -0.39 is 91.9 Å². The number of unbranched alkanes of at least 4 members (excludes halogenated alkanes) is 5. The number of halogens is 25. The van der Waals surface area contributed by atoms with Crippen molar-refractivity contribution < 1.29 is 129 Å². The van der Waals surface area contributed by atoms with Gasteiger partial charge in [-0.15, -0.1) is 0 Å². The summed E-state index contributed by atoms with van der Waals surface area (Å²) in [6.07, 6.45) is -39.8. The Hall–Kier alpha value is -3.77. The smallest absolute Gasteiger partial charge is 0.460 e. The lowest BCUT2D eigenvalue weighted by atomic mass is 9.97. The van der Waals surface area contributed by atoms with Crippen molar-refractivity contribution in [1.82, 2.24) is 9.97 Å². The molecule has 2 aromatic rings. The van der Waals surface area contributed by atoms with Gasteiger partial charge in [0.05, 0.1) is 13.2 Å². The molecule has 0 aliphatic rings. The third-order valence-corrected chi connectivity index (χ3v) is 8.36. The lowest BCUT2D eigenvalue weighted by Gasteiger charge is -2.41. The Morgan fingerprint density at radius 1 is 0.422 bits per heavy atom. The lowest BCUT2D eigenvalue weighted by molar-refractivity contribution is -0.560. The topological polar surface area (TPSA) is 62.7 Å². The molecule has 0 N–H and O–H groups in total. The zero-order valence-corrected chi connectivity index (χ0v) is 31.5. The normalized spacial score (nSPS) is 14.9. The summed E-state index contributed by atoms with van der Waals surface area (Å²) in [5, 5.41) is 0. The Morgan fingerprint density at radius 2 is 0.828 bits per heavy atom. The first-order valence-electron chi connectivity index (χ1n) is 17.4. The predicted molar refractivity (Wildman–Crippen MR) is 163 cm³/mol. The van der Waals surface area contributed by atoms with Crippen molar-refractivity contribution in [2.75, 3.05) is 13.2 Å². The SMILES string of the molecule is CCCCCCCCc1cnc(-c2ccc(OCCCOC(F)(F)C(F)(F)C(F)(F)C(F)(F)C(F)(F)C(F)(F)OC(F)(F)C(F)(F)OC(F)(F)C(F)(F)C(F)(F)C(F)(F)F)cc2)nc1. The molecular weight excluding hydrogens is 963 g/mol. The van der Waals surface area contributed by atoms with Crippen LogP contribution in [0.2, 0.25) is 0 Å². The molecule has 1 aromatic heterocycles. The van der Waals surface area contributed by atoms with Crippen molar-refractivity contribution in [2.24, 2.45) is 0 Å². The molecule has 0 fully saturated rings. The van der Waals surface area contributed by atoms with Gasteiger partial charge in [-0.2, -0.15) is 110 Å². The van der Waals surface area contributed by atoms with Gasteiger partial charge in [-0.3, -0.25) is 0 Å². The van der Waals surface area contributed by atoms with Crippen molar-refractivity contribution in [1.29, 1.82) is 0 Å². The van der Waals surface area contributed by atoms with Crippen LogP contribution in [0.1, 0.15) is 57.4 Å². The second kappa shape index (κ2) is 19.2. The van der Waals surface area contributed by atoms with Gasteiger partial charge in [0.25, 0.3) is 0 Å². The Labute approximate surface area is 342 Å². The molecule has 0 aliphatic carbocycles. The summed E-state index contributed by atoms with van der Waals surface area (Å²) in [6.45, 7) is -0.735. The van der Waals surface area contributed by atoms with E-state index in [0.29, 0.717) is 12.0 Å². The zero-order valence-electron chi connectivity index (χ0n) is 31.5. The molecule has 6 nitrogen and oxygen atoms in total. The fourth-order valence-corrected chi connectivity index (χ4v) is 4.67. The van der Waals surface area contributed by atoms with E-state index in [1.165, 1.54) is 24.3 Å². The molecule has 370 valence electrons. The molecule has 1 aromatic carbocycles. The predicted octanol–water partition coefficient (Wildman–Crippen LogP) is 13.2. The number of nitrogens with zero attached hydrogens (tertiary/aromatic N) is 2. The highest BCUT2D eigenvalue weighted by Crippen LogP contribution is 2.62. The van der Waals surface area contributed by atoms with Crippen LogP contribution >= 0.6 is 0 Å². The molecule has 0 saturated carbocycles. The van der Waals surface area contributed by atoms with Gasteiger partial charge in [-0.05, 0) is 42.7 Å². The quantitative estimate of drug-likeness (QED) is 0.0691. The second-order valence-electron chi connectivity index (χ2n) is 13.2. The lowest BCUT2D eigenvalue weighted by Crippen LogP contribution is -2.72. The molecule has 0 spiro atoms. The molecule has 2 rings (SSSR count). The van der Waals surface area contributed by atoms with E-state index in [-0.39, 0.29) is 11.6 Å². The van der Waals surface area contributed by atoms with E-state index in [2.05, 4.69) is 21.6 Å².